The molecule has 128 valence electrons. The van der Waals surface area contributed by atoms with Gasteiger partial charge in [0.25, 0.3) is 0 Å². The van der Waals surface area contributed by atoms with Crippen molar-refractivity contribution in [2.24, 2.45) is 5.73 Å². The van der Waals surface area contributed by atoms with Crippen LogP contribution in [0.4, 0.5) is 5.69 Å². The lowest BCUT2D eigenvalue weighted by molar-refractivity contribution is -0.118. The fourth-order valence-corrected chi connectivity index (χ4v) is 4.35. The van der Waals surface area contributed by atoms with Crippen molar-refractivity contribution in [1.82, 2.24) is 4.31 Å². The molecule has 1 aliphatic heterocycles. The standard InChI is InChI=1S/C14H20ClN3O4S/c1-22-9-12(16)14(19)17-10-4-5-11(15)13(8-10)23(20,21)18-6-2-3-7-18/h4-5,8,12H,2-3,6-7,9,16H2,1H3,(H,17,19). The zero-order chi connectivity index (χ0) is 17.0. The molecular formula is C14H20ClN3O4S. The summed E-state index contributed by atoms with van der Waals surface area (Å²) in [5.41, 5.74) is 5.96. The van der Waals surface area contributed by atoms with Gasteiger partial charge in [-0.2, -0.15) is 4.31 Å². The molecule has 1 aliphatic rings. The summed E-state index contributed by atoms with van der Waals surface area (Å²) < 4.78 is 31.4. The maximum atomic E-state index is 12.6. The van der Waals surface area contributed by atoms with Gasteiger partial charge in [-0.3, -0.25) is 4.79 Å². The van der Waals surface area contributed by atoms with Crippen LogP contribution in [0.3, 0.4) is 0 Å². The molecule has 23 heavy (non-hydrogen) atoms. The van der Waals surface area contributed by atoms with E-state index in [0.29, 0.717) is 18.8 Å². The monoisotopic (exact) mass is 361 g/mol. The lowest BCUT2D eigenvalue weighted by Crippen LogP contribution is -2.39. The van der Waals surface area contributed by atoms with Crippen LogP contribution in [0.25, 0.3) is 0 Å². The number of rotatable bonds is 6. The van der Waals surface area contributed by atoms with Crippen molar-refractivity contribution in [3.63, 3.8) is 0 Å². The van der Waals surface area contributed by atoms with E-state index >= 15 is 0 Å². The number of ether oxygens (including phenoxy) is 1. The molecule has 0 radical (unpaired) electrons. The van der Waals surface area contributed by atoms with E-state index in [1.54, 1.807) is 0 Å². The fourth-order valence-electron chi connectivity index (χ4n) is 2.34. The van der Waals surface area contributed by atoms with Crippen LogP contribution in [0.1, 0.15) is 12.8 Å². The Hall–Kier alpha value is -1.19. The molecular weight excluding hydrogens is 342 g/mol. The molecule has 1 heterocycles. The van der Waals surface area contributed by atoms with Gasteiger partial charge in [-0.05, 0) is 31.0 Å². The van der Waals surface area contributed by atoms with Gasteiger partial charge in [-0.15, -0.1) is 0 Å². The molecule has 0 spiro atoms. The van der Waals surface area contributed by atoms with Gasteiger partial charge < -0.3 is 15.8 Å². The van der Waals surface area contributed by atoms with Crippen LogP contribution in [0.5, 0.6) is 0 Å². The SMILES string of the molecule is COCC(N)C(=O)Nc1ccc(Cl)c(S(=O)(=O)N2CCCC2)c1. The molecule has 1 fully saturated rings. The average Bonchev–Trinajstić information content (AvgIpc) is 3.04. The molecule has 1 saturated heterocycles. The Balaban J connectivity index is 2.24. The van der Waals surface area contributed by atoms with Crippen LogP contribution < -0.4 is 11.1 Å². The summed E-state index contributed by atoms with van der Waals surface area (Å²) >= 11 is 6.04. The number of anilines is 1. The van der Waals surface area contributed by atoms with Crippen LogP contribution in [0.15, 0.2) is 23.1 Å². The van der Waals surface area contributed by atoms with Crippen LogP contribution in [-0.4, -0.2) is 51.5 Å². The normalized spacial score (nSPS) is 17.2. The molecule has 2 rings (SSSR count). The number of amides is 1. The van der Waals surface area contributed by atoms with Crippen LogP contribution in [0, 0.1) is 0 Å². The fraction of sp³-hybridized carbons (Fsp3) is 0.500. The summed E-state index contributed by atoms with van der Waals surface area (Å²) in [6.45, 7) is 1.03. The second-order valence-electron chi connectivity index (χ2n) is 5.31. The van der Waals surface area contributed by atoms with Crippen LogP contribution in [-0.2, 0) is 19.6 Å². The van der Waals surface area contributed by atoms with Crippen molar-refractivity contribution in [3.8, 4) is 0 Å². The predicted molar refractivity (Wildman–Crippen MR) is 87.9 cm³/mol. The minimum Gasteiger partial charge on any atom is -0.383 e. The van der Waals surface area contributed by atoms with Gasteiger partial charge in [0.05, 0.1) is 11.6 Å². The largest absolute Gasteiger partial charge is 0.383 e. The number of halogens is 1. The lowest BCUT2D eigenvalue weighted by Gasteiger charge is -2.18. The predicted octanol–water partition coefficient (Wildman–Crippen LogP) is 1.04. The van der Waals surface area contributed by atoms with E-state index in [2.05, 4.69) is 5.32 Å². The third kappa shape index (κ3) is 4.21. The summed E-state index contributed by atoms with van der Waals surface area (Å²) in [7, 11) is -2.22. The first-order valence-electron chi connectivity index (χ1n) is 7.21. The summed E-state index contributed by atoms with van der Waals surface area (Å²) in [6.07, 6.45) is 1.66. The number of benzene rings is 1. The van der Waals surface area contributed by atoms with Crippen LogP contribution in [0.2, 0.25) is 5.02 Å². The highest BCUT2D eigenvalue weighted by molar-refractivity contribution is 7.89. The van der Waals surface area contributed by atoms with Gasteiger partial charge in [-0.1, -0.05) is 11.6 Å². The quantitative estimate of drug-likeness (QED) is 0.788. The minimum atomic E-state index is -3.66. The van der Waals surface area contributed by atoms with Gasteiger partial charge in [0.1, 0.15) is 10.9 Å². The van der Waals surface area contributed by atoms with E-state index in [0.717, 1.165) is 12.8 Å². The highest BCUT2D eigenvalue weighted by Gasteiger charge is 2.29. The van der Waals surface area contributed by atoms with Crippen molar-refractivity contribution in [2.75, 3.05) is 32.1 Å². The van der Waals surface area contributed by atoms with Crippen molar-refractivity contribution >= 4 is 33.2 Å². The minimum absolute atomic E-state index is 0.0146. The van der Waals surface area contributed by atoms with E-state index < -0.39 is 22.0 Å². The van der Waals surface area contributed by atoms with Crippen molar-refractivity contribution < 1.29 is 17.9 Å². The average molecular weight is 362 g/mol. The Kier molecular flexibility index (Phi) is 5.99. The van der Waals surface area contributed by atoms with Gasteiger partial charge in [0.2, 0.25) is 15.9 Å². The second kappa shape index (κ2) is 7.59. The number of sulfonamides is 1. The first-order valence-corrected chi connectivity index (χ1v) is 9.03. The Morgan fingerprint density at radius 2 is 2.09 bits per heavy atom. The Bertz CT molecular complexity index is 675. The van der Waals surface area contributed by atoms with Crippen molar-refractivity contribution in [3.05, 3.63) is 23.2 Å². The summed E-state index contributed by atoms with van der Waals surface area (Å²) in [5.74, 6) is -0.460. The van der Waals surface area contributed by atoms with E-state index in [1.165, 1.54) is 29.6 Å². The van der Waals surface area contributed by atoms with Gasteiger partial charge in [0, 0.05) is 25.9 Å². The number of nitrogens with two attached hydrogens (primary N) is 1. The molecule has 0 saturated carbocycles. The Morgan fingerprint density at radius 1 is 1.43 bits per heavy atom. The molecule has 9 heteroatoms. The first-order chi connectivity index (χ1) is 10.9. The zero-order valence-electron chi connectivity index (χ0n) is 12.8. The third-order valence-corrected chi connectivity index (χ3v) is 5.94. The third-order valence-electron chi connectivity index (χ3n) is 3.56. The Labute approximate surface area is 140 Å². The summed E-state index contributed by atoms with van der Waals surface area (Å²) in [6, 6.07) is 3.49. The zero-order valence-corrected chi connectivity index (χ0v) is 14.4. The topological polar surface area (TPSA) is 102 Å². The number of methoxy groups -OCH3 is 1. The van der Waals surface area contributed by atoms with Crippen molar-refractivity contribution in [1.29, 1.82) is 0 Å². The number of hydrogen-bond acceptors (Lipinski definition) is 5. The molecule has 1 atom stereocenters. The Morgan fingerprint density at radius 3 is 2.70 bits per heavy atom. The molecule has 0 bridgehead atoms. The number of nitrogens with one attached hydrogen (secondary N) is 1. The number of hydrogen-bond donors (Lipinski definition) is 2. The van der Waals surface area contributed by atoms with E-state index in [-0.39, 0.29) is 16.5 Å². The number of carbonyl (C=O) groups excluding carboxylic acids is 1. The van der Waals surface area contributed by atoms with Gasteiger partial charge >= 0.3 is 0 Å². The molecule has 3 N–H and O–H groups in total. The van der Waals surface area contributed by atoms with E-state index in [4.69, 9.17) is 22.1 Å². The van der Waals surface area contributed by atoms with Crippen LogP contribution >= 0.6 is 11.6 Å². The van der Waals surface area contributed by atoms with Crippen molar-refractivity contribution in [2.45, 2.75) is 23.8 Å². The van der Waals surface area contributed by atoms with Gasteiger partial charge in [0.15, 0.2) is 0 Å². The maximum absolute atomic E-state index is 12.6. The summed E-state index contributed by atoms with van der Waals surface area (Å²) in [4.78, 5) is 11.9. The summed E-state index contributed by atoms with van der Waals surface area (Å²) in [5, 5.41) is 2.69. The molecule has 1 amide bonds. The highest BCUT2D eigenvalue weighted by Crippen LogP contribution is 2.29. The lowest BCUT2D eigenvalue weighted by atomic mass is 10.2. The number of nitrogens with zero attached hydrogens (tertiary/aromatic N) is 1. The van der Waals surface area contributed by atoms with E-state index in [9.17, 15) is 13.2 Å². The molecule has 0 aliphatic carbocycles. The number of carbonyl (C=O) groups is 1. The molecule has 1 unspecified atom stereocenters. The molecule has 7 nitrogen and oxygen atoms in total. The molecule has 1 aromatic carbocycles. The highest BCUT2D eigenvalue weighted by atomic mass is 35.5. The molecule has 0 aromatic heterocycles. The molecule has 1 aromatic rings. The first kappa shape index (κ1) is 18.2. The van der Waals surface area contributed by atoms with Gasteiger partial charge in [-0.25, -0.2) is 8.42 Å². The second-order valence-corrected chi connectivity index (χ2v) is 7.62. The maximum Gasteiger partial charge on any atom is 0.244 e. The smallest absolute Gasteiger partial charge is 0.244 e. The van der Waals surface area contributed by atoms with E-state index in [1.807, 2.05) is 0 Å².